The van der Waals surface area contributed by atoms with Crippen molar-refractivity contribution in [3.05, 3.63) is 23.8 Å². The Labute approximate surface area is 69.1 Å². The van der Waals surface area contributed by atoms with Crippen molar-refractivity contribution in [1.82, 2.24) is 4.98 Å². The van der Waals surface area contributed by atoms with E-state index in [0.717, 1.165) is 0 Å². The normalized spacial score (nSPS) is 12.5. The van der Waals surface area contributed by atoms with Gasteiger partial charge < -0.3 is 0 Å². The van der Waals surface area contributed by atoms with Crippen molar-refractivity contribution in [2.75, 3.05) is 0 Å². The number of rotatable bonds is 3. The summed E-state index contributed by atoms with van der Waals surface area (Å²) in [6.07, 6.45) is 6.28. The first-order valence-electron chi connectivity index (χ1n) is 4.24. The van der Waals surface area contributed by atoms with E-state index in [0.29, 0.717) is 5.92 Å². The quantitative estimate of drug-likeness (QED) is 0.639. The number of hydrogen-bond donors (Lipinski definition) is 0. The van der Waals surface area contributed by atoms with Crippen LogP contribution < -0.4 is 0 Å². The standard InChI is InChI=1S/C9H14BN/c1-3-4-8(2)9-7-11-6-5-10-9/h5-8H,3-4H2,1-2H3. The van der Waals surface area contributed by atoms with Gasteiger partial charge in [0, 0.05) is 0 Å². The molecule has 0 aromatic carbocycles. The SMILES string of the molecule is CCCC(C)c1bccnc1. The Hall–Kier alpha value is -0.655. The Morgan fingerprint density at radius 3 is 3.00 bits per heavy atom. The Morgan fingerprint density at radius 2 is 2.45 bits per heavy atom. The predicted molar refractivity (Wildman–Crippen MR) is 48.9 cm³/mol. The van der Waals surface area contributed by atoms with E-state index in [1.807, 2.05) is 18.4 Å². The van der Waals surface area contributed by atoms with Gasteiger partial charge in [0.05, 0.1) is 0 Å². The molecule has 0 aliphatic heterocycles. The summed E-state index contributed by atoms with van der Waals surface area (Å²) in [5.74, 6) is 2.66. The molecule has 0 saturated heterocycles. The fraction of sp³-hybridized carbons (Fsp3) is 0.556. The van der Waals surface area contributed by atoms with Gasteiger partial charge in [-0.2, -0.15) is 0 Å². The van der Waals surface area contributed by atoms with Crippen LogP contribution in [0.1, 0.15) is 38.1 Å². The van der Waals surface area contributed by atoms with Crippen molar-refractivity contribution >= 4 is 6.91 Å². The topological polar surface area (TPSA) is 12.9 Å². The molecule has 1 rings (SSSR count). The summed E-state index contributed by atoms with van der Waals surface area (Å²) >= 11 is 0. The molecule has 0 saturated carbocycles. The van der Waals surface area contributed by atoms with Crippen molar-refractivity contribution in [3.8, 4) is 0 Å². The van der Waals surface area contributed by atoms with E-state index >= 15 is 0 Å². The molecule has 1 aromatic heterocycles. The first-order chi connectivity index (χ1) is 5.34. The van der Waals surface area contributed by atoms with E-state index in [2.05, 4.69) is 25.7 Å². The van der Waals surface area contributed by atoms with Crippen molar-refractivity contribution in [1.29, 1.82) is 0 Å². The monoisotopic (exact) mass is 147 g/mol. The zero-order valence-corrected chi connectivity index (χ0v) is 7.25. The van der Waals surface area contributed by atoms with Crippen LogP contribution in [0.3, 0.4) is 0 Å². The summed E-state index contributed by atoms with van der Waals surface area (Å²) in [6.45, 7) is 6.61. The molecule has 0 fully saturated rings. The molecule has 1 nitrogen and oxygen atoms in total. The molecule has 0 N–H and O–H groups in total. The molecule has 1 atom stereocenters. The van der Waals surface area contributed by atoms with Crippen LogP contribution in [0.2, 0.25) is 0 Å². The molecule has 1 aromatic rings. The average Bonchev–Trinajstić information content (AvgIpc) is 2.07. The average molecular weight is 147 g/mol. The third kappa shape index (κ3) is 2.45. The van der Waals surface area contributed by atoms with Crippen LogP contribution in [0.15, 0.2) is 18.4 Å². The summed E-state index contributed by atoms with van der Waals surface area (Å²) in [4.78, 5) is 4.09. The van der Waals surface area contributed by atoms with E-state index < -0.39 is 0 Å². The summed E-state index contributed by atoms with van der Waals surface area (Å²) in [5, 5.41) is 0. The zero-order chi connectivity index (χ0) is 8.10. The van der Waals surface area contributed by atoms with Gasteiger partial charge in [0.25, 0.3) is 0 Å². The third-order valence-corrected chi connectivity index (χ3v) is 1.98. The van der Waals surface area contributed by atoms with E-state index in [4.69, 9.17) is 0 Å². The van der Waals surface area contributed by atoms with E-state index in [1.165, 1.54) is 18.3 Å². The Morgan fingerprint density at radius 1 is 1.64 bits per heavy atom. The van der Waals surface area contributed by atoms with E-state index in [-0.39, 0.29) is 0 Å². The van der Waals surface area contributed by atoms with Crippen LogP contribution in [0.5, 0.6) is 0 Å². The summed E-state index contributed by atoms with van der Waals surface area (Å²) in [6, 6.07) is 0. The summed E-state index contributed by atoms with van der Waals surface area (Å²) in [7, 11) is 0. The van der Waals surface area contributed by atoms with Gasteiger partial charge in [-0.1, -0.05) is 0 Å². The molecule has 0 spiro atoms. The van der Waals surface area contributed by atoms with Crippen molar-refractivity contribution in [3.63, 3.8) is 0 Å². The molecule has 0 aliphatic carbocycles. The Kier molecular flexibility index (Phi) is 3.28. The van der Waals surface area contributed by atoms with Crippen LogP contribution >= 0.6 is 0 Å². The zero-order valence-electron chi connectivity index (χ0n) is 7.25. The Bertz CT molecular complexity index is 198. The number of nitrogens with zero attached hydrogens (tertiary/aromatic N) is 1. The molecule has 0 radical (unpaired) electrons. The van der Waals surface area contributed by atoms with Gasteiger partial charge in [-0.15, -0.1) is 0 Å². The van der Waals surface area contributed by atoms with Crippen molar-refractivity contribution in [2.45, 2.75) is 32.6 Å². The summed E-state index contributed by atoms with van der Waals surface area (Å²) in [5.41, 5.74) is 1.36. The van der Waals surface area contributed by atoms with Gasteiger partial charge in [-0.3, -0.25) is 0 Å². The molecule has 1 unspecified atom stereocenters. The van der Waals surface area contributed by atoms with Crippen LogP contribution in [-0.2, 0) is 0 Å². The second kappa shape index (κ2) is 4.27. The van der Waals surface area contributed by atoms with Gasteiger partial charge in [-0.25, -0.2) is 0 Å². The second-order valence-corrected chi connectivity index (χ2v) is 2.98. The van der Waals surface area contributed by atoms with Crippen LogP contribution in [0.25, 0.3) is 0 Å². The Balaban J connectivity index is 2.61. The van der Waals surface area contributed by atoms with Crippen molar-refractivity contribution in [2.24, 2.45) is 0 Å². The number of aromatic nitrogens is 1. The first-order valence-corrected chi connectivity index (χ1v) is 4.24. The maximum atomic E-state index is 4.09. The maximum absolute atomic E-state index is 4.09. The van der Waals surface area contributed by atoms with E-state index in [1.54, 1.807) is 0 Å². The molecule has 0 amide bonds. The predicted octanol–water partition coefficient (Wildman–Crippen LogP) is 2.32. The van der Waals surface area contributed by atoms with Gasteiger partial charge in [0.2, 0.25) is 0 Å². The number of hydrogen-bond acceptors (Lipinski definition) is 1. The molecule has 0 aliphatic rings. The molecule has 2 heteroatoms. The minimum absolute atomic E-state index is 0.661. The van der Waals surface area contributed by atoms with Crippen LogP contribution in [0.4, 0.5) is 0 Å². The molecule has 0 bridgehead atoms. The minimum atomic E-state index is 0.661. The first kappa shape index (κ1) is 8.44. The second-order valence-electron chi connectivity index (χ2n) is 2.98. The fourth-order valence-electron chi connectivity index (χ4n) is 1.27. The molecule has 11 heavy (non-hydrogen) atoms. The van der Waals surface area contributed by atoms with Crippen molar-refractivity contribution < 1.29 is 0 Å². The fourth-order valence-corrected chi connectivity index (χ4v) is 1.27. The van der Waals surface area contributed by atoms with Gasteiger partial charge >= 0.3 is 68.3 Å². The van der Waals surface area contributed by atoms with Gasteiger partial charge in [0.15, 0.2) is 0 Å². The molecule has 1 heterocycles. The summed E-state index contributed by atoms with van der Waals surface area (Å²) < 4.78 is 0. The van der Waals surface area contributed by atoms with E-state index in [9.17, 15) is 0 Å². The van der Waals surface area contributed by atoms with Crippen LogP contribution in [-0.4, -0.2) is 11.9 Å². The molecular formula is C9H14BN. The molecular weight excluding hydrogens is 133 g/mol. The molecule has 58 valence electrons. The third-order valence-electron chi connectivity index (χ3n) is 1.98. The van der Waals surface area contributed by atoms with Gasteiger partial charge in [0.1, 0.15) is 0 Å². The van der Waals surface area contributed by atoms with Crippen LogP contribution in [0, 0.1) is 0 Å². The van der Waals surface area contributed by atoms with Gasteiger partial charge in [-0.05, 0) is 0 Å².